The van der Waals surface area contributed by atoms with Gasteiger partial charge >= 0.3 is 0 Å². The van der Waals surface area contributed by atoms with E-state index in [1.54, 1.807) is 12.4 Å². The van der Waals surface area contributed by atoms with Gasteiger partial charge in [-0.2, -0.15) is 0 Å². The molecule has 1 aromatic rings. The molecule has 1 fully saturated rings. The smallest absolute Gasteiger partial charge is 0.223 e. The Morgan fingerprint density at radius 3 is 2.82 bits per heavy atom. The summed E-state index contributed by atoms with van der Waals surface area (Å²) >= 11 is 3.33. The van der Waals surface area contributed by atoms with Gasteiger partial charge in [-0.1, -0.05) is 19.8 Å². The van der Waals surface area contributed by atoms with Crippen LogP contribution < -0.4 is 11.1 Å². The van der Waals surface area contributed by atoms with Crippen molar-refractivity contribution in [2.75, 3.05) is 11.9 Å². The number of nitrogens with one attached hydrogen (secondary N) is 1. The molecule has 1 heterocycles. The number of nitrogens with zero attached hydrogens (tertiary/aromatic N) is 2. The number of hydrogen-bond donors (Lipinski definition) is 2. The summed E-state index contributed by atoms with van der Waals surface area (Å²) in [5.41, 5.74) is 5.93. The fourth-order valence-electron chi connectivity index (χ4n) is 2.62. The minimum Gasteiger partial charge on any atom is -0.348 e. The van der Waals surface area contributed by atoms with Gasteiger partial charge in [0.1, 0.15) is 0 Å². The molecule has 1 aliphatic carbocycles. The summed E-state index contributed by atoms with van der Waals surface area (Å²) in [5, 5.41) is 3.43. The first kappa shape index (κ1) is 12.8. The second-order valence-corrected chi connectivity index (χ2v) is 5.95. The van der Waals surface area contributed by atoms with Gasteiger partial charge in [0.2, 0.25) is 5.95 Å². The Morgan fingerprint density at radius 2 is 2.24 bits per heavy atom. The van der Waals surface area contributed by atoms with Crippen LogP contribution in [0.1, 0.15) is 32.6 Å². The number of nitrogens with two attached hydrogens (primary N) is 1. The minimum absolute atomic E-state index is 0.0223. The van der Waals surface area contributed by atoms with Crippen LogP contribution in [0.15, 0.2) is 16.9 Å². The van der Waals surface area contributed by atoms with E-state index >= 15 is 0 Å². The molecule has 17 heavy (non-hydrogen) atoms. The summed E-state index contributed by atoms with van der Waals surface area (Å²) in [6.45, 7) is 2.92. The molecule has 4 nitrogen and oxygen atoms in total. The van der Waals surface area contributed by atoms with Crippen LogP contribution in [-0.2, 0) is 0 Å². The van der Waals surface area contributed by atoms with Crippen LogP contribution in [0.25, 0.3) is 0 Å². The van der Waals surface area contributed by atoms with Crippen molar-refractivity contribution in [1.29, 1.82) is 0 Å². The Bertz CT molecular complexity index is 367. The summed E-state index contributed by atoms with van der Waals surface area (Å²) in [5.74, 6) is 1.39. The quantitative estimate of drug-likeness (QED) is 0.900. The predicted molar refractivity (Wildman–Crippen MR) is 72.8 cm³/mol. The highest BCUT2D eigenvalue weighted by Crippen LogP contribution is 2.33. The molecular formula is C12H19BrN4. The lowest BCUT2D eigenvalue weighted by molar-refractivity contribution is 0.263. The van der Waals surface area contributed by atoms with E-state index in [0.29, 0.717) is 12.5 Å². The van der Waals surface area contributed by atoms with Crippen LogP contribution in [0.3, 0.4) is 0 Å². The van der Waals surface area contributed by atoms with Gasteiger partial charge < -0.3 is 11.1 Å². The van der Waals surface area contributed by atoms with E-state index in [-0.39, 0.29) is 5.54 Å². The zero-order chi connectivity index (χ0) is 12.3. The van der Waals surface area contributed by atoms with Gasteiger partial charge in [-0.05, 0) is 34.7 Å². The maximum absolute atomic E-state index is 5.95. The Kier molecular flexibility index (Phi) is 3.99. The summed E-state index contributed by atoms with van der Waals surface area (Å²) in [6.07, 6.45) is 8.24. The van der Waals surface area contributed by atoms with Gasteiger partial charge in [0.05, 0.1) is 10.0 Å². The van der Waals surface area contributed by atoms with Crippen LogP contribution in [0, 0.1) is 5.92 Å². The third-order valence-electron chi connectivity index (χ3n) is 3.48. The number of aromatic nitrogens is 2. The maximum Gasteiger partial charge on any atom is 0.223 e. The van der Waals surface area contributed by atoms with Crippen molar-refractivity contribution < 1.29 is 0 Å². The maximum atomic E-state index is 5.95. The fourth-order valence-corrected chi connectivity index (χ4v) is 2.83. The van der Waals surface area contributed by atoms with Crippen molar-refractivity contribution in [3.05, 3.63) is 16.9 Å². The summed E-state index contributed by atoms with van der Waals surface area (Å²) in [4.78, 5) is 8.53. The molecular weight excluding hydrogens is 280 g/mol. The van der Waals surface area contributed by atoms with Crippen LogP contribution in [0.2, 0.25) is 0 Å². The highest BCUT2D eigenvalue weighted by molar-refractivity contribution is 9.10. The Labute approximate surface area is 111 Å². The van der Waals surface area contributed by atoms with Gasteiger partial charge in [0.15, 0.2) is 0 Å². The second-order valence-electron chi connectivity index (χ2n) is 5.04. The monoisotopic (exact) mass is 298 g/mol. The summed E-state index contributed by atoms with van der Waals surface area (Å²) in [6, 6.07) is 0. The predicted octanol–water partition coefficient (Wildman–Crippen LogP) is 2.56. The average Bonchev–Trinajstić information content (AvgIpc) is 2.32. The number of anilines is 1. The van der Waals surface area contributed by atoms with E-state index in [2.05, 4.69) is 38.1 Å². The number of hydrogen-bond acceptors (Lipinski definition) is 4. The molecule has 2 atom stereocenters. The third-order valence-corrected chi connectivity index (χ3v) is 3.89. The summed E-state index contributed by atoms with van der Waals surface area (Å²) in [7, 11) is 0. The Balaban J connectivity index is 2.10. The van der Waals surface area contributed by atoms with Crippen molar-refractivity contribution in [3.8, 4) is 0 Å². The standard InChI is InChI=1S/C12H19BrN4/c1-9-3-2-4-12(5-9,8-14)17-11-15-6-10(13)7-16-11/h6-7,9H,2-5,8,14H2,1H3,(H,15,16,17). The molecule has 2 unspecified atom stereocenters. The molecule has 0 amide bonds. The molecule has 5 heteroatoms. The van der Waals surface area contributed by atoms with Crippen LogP contribution >= 0.6 is 15.9 Å². The molecule has 1 saturated carbocycles. The number of rotatable bonds is 3. The first-order chi connectivity index (χ1) is 8.13. The van der Waals surface area contributed by atoms with Gasteiger partial charge in [-0.15, -0.1) is 0 Å². The lowest BCUT2D eigenvalue weighted by Crippen LogP contribution is -2.49. The van der Waals surface area contributed by atoms with E-state index in [1.165, 1.54) is 12.8 Å². The van der Waals surface area contributed by atoms with Crippen molar-refractivity contribution in [3.63, 3.8) is 0 Å². The van der Waals surface area contributed by atoms with Crippen molar-refractivity contribution in [2.45, 2.75) is 38.1 Å². The van der Waals surface area contributed by atoms with Crippen molar-refractivity contribution in [2.24, 2.45) is 11.7 Å². The minimum atomic E-state index is -0.0223. The Hall–Kier alpha value is -0.680. The molecule has 0 aromatic carbocycles. The number of halogens is 1. The summed E-state index contributed by atoms with van der Waals surface area (Å²) < 4.78 is 0.891. The molecule has 94 valence electrons. The fraction of sp³-hybridized carbons (Fsp3) is 0.667. The first-order valence-electron chi connectivity index (χ1n) is 6.09. The van der Waals surface area contributed by atoms with Crippen molar-refractivity contribution >= 4 is 21.9 Å². The highest BCUT2D eigenvalue weighted by Gasteiger charge is 2.34. The molecule has 1 aliphatic rings. The van der Waals surface area contributed by atoms with Gasteiger partial charge in [0, 0.05) is 18.9 Å². The van der Waals surface area contributed by atoms with Gasteiger partial charge in [-0.3, -0.25) is 0 Å². The van der Waals surface area contributed by atoms with E-state index in [0.717, 1.165) is 23.2 Å². The van der Waals surface area contributed by atoms with E-state index in [1.807, 2.05) is 0 Å². The highest BCUT2D eigenvalue weighted by atomic mass is 79.9. The normalized spacial score (nSPS) is 29.0. The first-order valence-corrected chi connectivity index (χ1v) is 6.89. The molecule has 3 N–H and O–H groups in total. The molecule has 0 saturated heterocycles. The van der Waals surface area contributed by atoms with Crippen LogP contribution in [-0.4, -0.2) is 22.1 Å². The van der Waals surface area contributed by atoms with E-state index < -0.39 is 0 Å². The van der Waals surface area contributed by atoms with Gasteiger partial charge in [0.25, 0.3) is 0 Å². The zero-order valence-electron chi connectivity index (χ0n) is 10.1. The molecule has 1 aromatic heterocycles. The molecule has 0 aliphatic heterocycles. The molecule has 0 spiro atoms. The SMILES string of the molecule is CC1CCCC(CN)(Nc2ncc(Br)cn2)C1. The topological polar surface area (TPSA) is 63.8 Å². The van der Waals surface area contributed by atoms with E-state index in [9.17, 15) is 0 Å². The zero-order valence-corrected chi connectivity index (χ0v) is 11.7. The second kappa shape index (κ2) is 5.31. The molecule has 2 rings (SSSR count). The molecule has 0 radical (unpaired) electrons. The third kappa shape index (κ3) is 3.16. The largest absolute Gasteiger partial charge is 0.348 e. The van der Waals surface area contributed by atoms with Crippen molar-refractivity contribution in [1.82, 2.24) is 9.97 Å². The lowest BCUT2D eigenvalue weighted by Gasteiger charge is -2.39. The van der Waals surface area contributed by atoms with Gasteiger partial charge in [-0.25, -0.2) is 9.97 Å². The van der Waals surface area contributed by atoms with Crippen LogP contribution in [0.4, 0.5) is 5.95 Å². The Morgan fingerprint density at radius 1 is 1.53 bits per heavy atom. The average molecular weight is 299 g/mol. The van der Waals surface area contributed by atoms with Crippen LogP contribution in [0.5, 0.6) is 0 Å². The molecule has 0 bridgehead atoms. The lowest BCUT2D eigenvalue weighted by atomic mass is 9.76. The van der Waals surface area contributed by atoms with E-state index in [4.69, 9.17) is 5.73 Å².